The molecule has 1 aromatic heterocycles. The van der Waals surface area contributed by atoms with E-state index in [0.29, 0.717) is 0 Å². The number of ether oxygens (including phenoxy) is 1. The third kappa shape index (κ3) is 5.43. The summed E-state index contributed by atoms with van der Waals surface area (Å²) in [7, 11) is 1.30. The van der Waals surface area contributed by atoms with Crippen LogP contribution in [0.4, 0.5) is 35.0 Å². The van der Waals surface area contributed by atoms with Crippen molar-refractivity contribution in [3.63, 3.8) is 0 Å². The third-order valence-electron chi connectivity index (χ3n) is 3.76. The van der Waals surface area contributed by atoms with E-state index < -0.39 is 23.7 Å². The van der Waals surface area contributed by atoms with Crippen molar-refractivity contribution in [3.8, 4) is 5.75 Å². The maximum absolute atomic E-state index is 13.8. The molecule has 6 nitrogen and oxygen atoms in total. The van der Waals surface area contributed by atoms with Gasteiger partial charge in [0.05, 0.1) is 19.8 Å². The molecule has 2 aromatic rings. The molecule has 148 valence electrons. The molecule has 2 rings (SSSR count). The fourth-order valence-electron chi connectivity index (χ4n) is 2.20. The van der Waals surface area contributed by atoms with Crippen molar-refractivity contribution in [2.24, 2.45) is 5.92 Å². The monoisotopic (exact) mass is 388 g/mol. The Morgan fingerprint density at radius 1 is 1.19 bits per heavy atom. The van der Waals surface area contributed by atoms with Crippen LogP contribution >= 0.6 is 0 Å². The second-order valence-electron chi connectivity index (χ2n) is 6.11. The van der Waals surface area contributed by atoms with E-state index in [1.165, 1.54) is 19.2 Å². The average molecular weight is 388 g/mol. The van der Waals surface area contributed by atoms with Gasteiger partial charge in [-0.05, 0) is 18.1 Å². The van der Waals surface area contributed by atoms with Gasteiger partial charge in [0, 0.05) is 17.8 Å². The van der Waals surface area contributed by atoms with Gasteiger partial charge < -0.3 is 20.5 Å². The minimum absolute atomic E-state index is 0.00398. The Morgan fingerprint density at radius 3 is 2.41 bits per heavy atom. The number of nitrogens with one attached hydrogen (secondary N) is 2. The molecule has 0 spiro atoms. The van der Waals surface area contributed by atoms with E-state index in [-0.39, 0.29) is 35.7 Å². The van der Waals surface area contributed by atoms with E-state index in [2.05, 4.69) is 20.6 Å². The molecule has 3 N–H and O–H groups in total. The Balaban J connectivity index is 2.37. The summed E-state index contributed by atoms with van der Waals surface area (Å²) in [6, 6.07) is 4.04. The first-order chi connectivity index (χ1) is 12.6. The molecular weight excluding hydrogens is 368 g/mol. The van der Waals surface area contributed by atoms with Crippen LogP contribution in [0.3, 0.4) is 0 Å². The molecule has 0 amide bonds. The zero-order chi connectivity index (χ0) is 20.2. The predicted molar refractivity (Wildman–Crippen MR) is 92.6 cm³/mol. The molecule has 0 unspecified atom stereocenters. The highest BCUT2D eigenvalue weighted by Gasteiger charge is 2.34. The van der Waals surface area contributed by atoms with Crippen molar-refractivity contribution >= 4 is 17.5 Å². The molecule has 0 aliphatic rings. The number of aliphatic hydroxyl groups excluding tert-OH is 1. The SMILES string of the molecule is COc1ccc(Nc2cc(C(F)(F)F)nc(N[C@@H](CO)C(C)C)n2)cc1F. The number of rotatable bonds is 7. The topological polar surface area (TPSA) is 79.3 Å². The lowest BCUT2D eigenvalue weighted by Crippen LogP contribution is -2.30. The Bertz CT molecular complexity index is 784. The number of aliphatic hydroxyl groups is 1. The zero-order valence-electron chi connectivity index (χ0n) is 14.9. The van der Waals surface area contributed by atoms with Crippen molar-refractivity contribution in [1.29, 1.82) is 0 Å². The van der Waals surface area contributed by atoms with E-state index in [9.17, 15) is 22.7 Å². The summed E-state index contributed by atoms with van der Waals surface area (Å²) in [5, 5.41) is 14.7. The molecular formula is C17H20F4N4O2. The summed E-state index contributed by atoms with van der Waals surface area (Å²) < 4.78 is 58.1. The van der Waals surface area contributed by atoms with Gasteiger partial charge in [0.25, 0.3) is 0 Å². The van der Waals surface area contributed by atoms with Crippen LogP contribution in [-0.2, 0) is 6.18 Å². The number of anilines is 3. The third-order valence-corrected chi connectivity index (χ3v) is 3.76. The van der Waals surface area contributed by atoms with Gasteiger partial charge in [-0.3, -0.25) is 0 Å². The van der Waals surface area contributed by atoms with Gasteiger partial charge in [0.15, 0.2) is 17.3 Å². The number of hydrogen-bond acceptors (Lipinski definition) is 6. The van der Waals surface area contributed by atoms with Crippen molar-refractivity contribution in [2.45, 2.75) is 26.1 Å². The Hall–Kier alpha value is -2.62. The molecule has 0 aliphatic carbocycles. The van der Waals surface area contributed by atoms with Gasteiger partial charge in [-0.25, -0.2) is 9.37 Å². The lowest BCUT2D eigenvalue weighted by molar-refractivity contribution is -0.141. The maximum atomic E-state index is 13.8. The molecule has 1 atom stereocenters. The summed E-state index contributed by atoms with van der Waals surface area (Å²) in [5.74, 6) is -1.21. The summed E-state index contributed by atoms with van der Waals surface area (Å²) in [6.07, 6.45) is -4.70. The summed E-state index contributed by atoms with van der Waals surface area (Å²) >= 11 is 0. The van der Waals surface area contributed by atoms with Crippen LogP contribution in [-0.4, -0.2) is 34.8 Å². The molecule has 0 fully saturated rings. The van der Waals surface area contributed by atoms with Crippen LogP contribution in [0.15, 0.2) is 24.3 Å². The highest BCUT2D eigenvalue weighted by molar-refractivity contribution is 5.59. The van der Waals surface area contributed by atoms with Crippen LogP contribution < -0.4 is 15.4 Å². The van der Waals surface area contributed by atoms with Gasteiger partial charge in [-0.2, -0.15) is 18.2 Å². The van der Waals surface area contributed by atoms with E-state index in [4.69, 9.17) is 4.74 Å². The second-order valence-corrected chi connectivity index (χ2v) is 6.11. The molecule has 27 heavy (non-hydrogen) atoms. The summed E-state index contributed by atoms with van der Waals surface area (Å²) in [4.78, 5) is 7.46. The highest BCUT2D eigenvalue weighted by Crippen LogP contribution is 2.31. The van der Waals surface area contributed by atoms with Gasteiger partial charge >= 0.3 is 6.18 Å². The van der Waals surface area contributed by atoms with Crippen molar-refractivity contribution in [2.75, 3.05) is 24.4 Å². The molecule has 0 radical (unpaired) electrons. The number of methoxy groups -OCH3 is 1. The number of hydrogen-bond donors (Lipinski definition) is 3. The standard InChI is InChI=1S/C17H20F4N4O2/c1-9(2)12(8-26)23-16-24-14(17(19,20)21)7-15(25-16)22-10-4-5-13(27-3)11(18)6-10/h4-7,9,12,26H,8H2,1-3H3,(H2,22,23,24,25)/t12-/m0/s1. The fourth-order valence-corrected chi connectivity index (χ4v) is 2.20. The number of benzene rings is 1. The zero-order valence-corrected chi connectivity index (χ0v) is 14.9. The first kappa shape index (κ1) is 20.7. The van der Waals surface area contributed by atoms with Gasteiger partial charge in [0.1, 0.15) is 5.82 Å². The molecule has 0 bridgehead atoms. The molecule has 1 heterocycles. The Kier molecular flexibility index (Phi) is 6.42. The van der Waals surface area contributed by atoms with E-state index in [1.807, 2.05) is 0 Å². The number of aromatic nitrogens is 2. The first-order valence-electron chi connectivity index (χ1n) is 8.08. The first-order valence-corrected chi connectivity index (χ1v) is 8.08. The van der Waals surface area contributed by atoms with Crippen LogP contribution in [0.5, 0.6) is 5.75 Å². The summed E-state index contributed by atoms with van der Waals surface area (Å²) in [6.45, 7) is 3.28. The molecule has 0 saturated heterocycles. The van der Waals surface area contributed by atoms with Crippen molar-refractivity contribution < 1.29 is 27.4 Å². The second kappa shape index (κ2) is 8.38. The van der Waals surface area contributed by atoms with Crippen LogP contribution in [0.2, 0.25) is 0 Å². The smallest absolute Gasteiger partial charge is 0.433 e. The lowest BCUT2D eigenvalue weighted by Gasteiger charge is -2.21. The molecule has 1 aromatic carbocycles. The average Bonchev–Trinajstić information content (AvgIpc) is 2.58. The van der Waals surface area contributed by atoms with Gasteiger partial charge in [0.2, 0.25) is 5.95 Å². The van der Waals surface area contributed by atoms with Crippen LogP contribution in [0, 0.1) is 11.7 Å². The van der Waals surface area contributed by atoms with E-state index in [0.717, 1.165) is 12.1 Å². The van der Waals surface area contributed by atoms with Gasteiger partial charge in [-0.15, -0.1) is 0 Å². The Labute approximate surface area is 153 Å². The van der Waals surface area contributed by atoms with Crippen LogP contribution in [0.25, 0.3) is 0 Å². The molecule has 10 heteroatoms. The summed E-state index contributed by atoms with van der Waals surface area (Å²) in [5.41, 5.74) is -0.981. The molecule has 0 aliphatic heterocycles. The quantitative estimate of drug-likeness (QED) is 0.626. The highest BCUT2D eigenvalue weighted by atomic mass is 19.4. The largest absolute Gasteiger partial charge is 0.494 e. The van der Waals surface area contributed by atoms with Crippen molar-refractivity contribution in [1.82, 2.24) is 9.97 Å². The fraction of sp³-hybridized carbons (Fsp3) is 0.412. The van der Waals surface area contributed by atoms with E-state index >= 15 is 0 Å². The minimum atomic E-state index is -4.70. The van der Waals surface area contributed by atoms with Crippen LogP contribution in [0.1, 0.15) is 19.5 Å². The lowest BCUT2D eigenvalue weighted by atomic mass is 10.1. The predicted octanol–water partition coefficient (Wildman–Crippen LogP) is 3.82. The number of nitrogens with zero attached hydrogens (tertiary/aromatic N) is 2. The molecule has 0 saturated carbocycles. The minimum Gasteiger partial charge on any atom is -0.494 e. The maximum Gasteiger partial charge on any atom is 0.433 e. The normalized spacial score (nSPS) is 12.8. The Morgan fingerprint density at radius 2 is 1.89 bits per heavy atom. The number of alkyl halides is 3. The van der Waals surface area contributed by atoms with Crippen molar-refractivity contribution in [3.05, 3.63) is 35.8 Å². The van der Waals surface area contributed by atoms with E-state index in [1.54, 1.807) is 13.8 Å². The van der Waals surface area contributed by atoms with Gasteiger partial charge in [-0.1, -0.05) is 13.8 Å². The number of halogens is 4.